The molecule has 2 aliphatic rings. The van der Waals surface area contributed by atoms with Gasteiger partial charge in [0.1, 0.15) is 0 Å². The SMILES string of the molecule is COC(=O)CCOC1CC2CCC1(C)C2(C)C. The first kappa shape index (κ1) is 12.9. The first-order chi connectivity index (χ1) is 7.91. The third-order valence-electron chi connectivity index (χ3n) is 5.57. The van der Waals surface area contributed by atoms with E-state index in [9.17, 15) is 4.79 Å². The average Bonchev–Trinajstić information content (AvgIpc) is 2.61. The maximum Gasteiger partial charge on any atom is 0.307 e. The van der Waals surface area contributed by atoms with Crippen LogP contribution in [0.15, 0.2) is 0 Å². The lowest BCUT2D eigenvalue weighted by Crippen LogP contribution is -2.37. The summed E-state index contributed by atoms with van der Waals surface area (Å²) < 4.78 is 10.6. The van der Waals surface area contributed by atoms with Crippen LogP contribution in [-0.4, -0.2) is 25.8 Å². The van der Waals surface area contributed by atoms with Gasteiger partial charge in [-0.3, -0.25) is 4.79 Å². The second kappa shape index (κ2) is 4.27. The van der Waals surface area contributed by atoms with E-state index in [2.05, 4.69) is 25.5 Å². The van der Waals surface area contributed by atoms with Crippen LogP contribution in [0.5, 0.6) is 0 Å². The van der Waals surface area contributed by atoms with Gasteiger partial charge in [-0.25, -0.2) is 0 Å². The van der Waals surface area contributed by atoms with Crippen molar-refractivity contribution in [2.45, 2.75) is 52.6 Å². The molecule has 0 radical (unpaired) electrons. The fourth-order valence-corrected chi connectivity index (χ4v) is 3.77. The monoisotopic (exact) mass is 240 g/mol. The Kier molecular flexibility index (Phi) is 3.23. The Morgan fingerprint density at radius 2 is 2.06 bits per heavy atom. The van der Waals surface area contributed by atoms with Crippen molar-refractivity contribution in [2.24, 2.45) is 16.7 Å². The van der Waals surface area contributed by atoms with Crippen LogP contribution < -0.4 is 0 Å². The van der Waals surface area contributed by atoms with Crippen molar-refractivity contribution < 1.29 is 14.3 Å². The number of ether oxygens (including phenoxy) is 2. The molecule has 3 heteroatoms. The Bertz CT molecular complexity index is 311. The van der Waals surface area contributed by atoms with Gasteiger partial charge in [0.25, 0.3) is 0 Å². The maximum atomic E-state index is 11.1. The zero-order chi connectivity index (χ0) is 12.7. The Morgan fingerprint density at radius 3 is 2.53 bits per heavy atom. The molecule has 0 aromatic rings. The molecule has 2 fully saturated rings. The van der Waals surface area contributed by atoms with Crippen molar-refractivity contribution in [3.8, 4) is 0 Å². The fraction of sp³-hybridized carbons (Fsp3) is 0.929. The highest BCUT2D eigenvalue weighted by atomic mass is 16.5. The van der Waals surface area contributed by atoms with Crippen molar-refractivity contribution in [2.75, 3.05) is 13.7 Å². The van der Waals surface area contributed by atoms with Gasteiger partial charge in [-0.2, -0.15) is 0 Å². The molecule has 0 N–H and O–H groups in total. The number of rotatable bonds is 4. The molecular weight excluding hydrogens is 216 g/mol. The molecule has 0 aromatic carbocycles. The number of fused-ring (bicyclic) bond motifs is 2. The molecule has 98 valence electrons. The van der Waals surface area contributed by atoms with Gasteiger partial charge >= 0.3 is 5.97 Å². The molecule has 3 nitrogen and oxygen atoms in total. The number of carbonyl (C=O) groups is 1. The number of carbonyl (C=O) groups excluding carboxylic acids is 1. The van der Waals surface area contributed by atoms with Crippen LogP contribution in [0.4, 0.5) is 0 Å². The first-order valence-electron chi connectivity index (χ1n) is 6.60. The van der Waals surface area contributed by atoms with Crippen molar-refractivity contribution in [1.82, 2.24) is 0 Å². The minimum atomic E-state index is -0.183. The second-order valence-electron chi connectivity index (χ2n) is 6.30. The molecule has 17 heavy (non-hydrogen) atoms. The molecule has 2 saturated carbocycles. The normalized spacial score (nSPS) is 38.4. The van der Waals surface area contributed by atoms with Crippen LogP contribution in [-0.2, 0) is 14.3 Å². The predicted molar refractivity (Wildman–Crippen MR) is 65.6 cm³/mol. The van der Waals surface area contributed by atoms with Gasteiger partial charge in [0.15, 0.2) is 0 Å². The highest BCUT2D eigenvalue weighted by Crippen LogP contribution is 2.66. The summed E-state index contributed by atoms with van der Waals surface area (Å²) in [6.45, 7) is 7.58. The van der Waals surface area contributed by atoms with Crippen LogP contribution in [0.2, 0.25) is 0 Å². The smallest absolute Gasteiger partial charge is 0.307 e. The van der Waals surface area contributed by atoms with Gasteiger partial charge in [0.2, 0.25) is 0 Å². The number of methoxy groups -OCH3 is 1. The van der Waals surface area contributed by atoms with Crippen LogP contribution in [0.1, 0.15) is 46.5 Å². The van der Waals surface area contributed by atoms with Crippen molar-refractivity contribution in [3.63, 3.8) is 0 Å². The number of esters is 1. The van der Waals surface area contributed by atoms with E-state index in [0.29, 0.717) is 24.5 Å². The molecule has 0 aromatic heterocycles. The summed E-state index contributed by atoms with van der Waals surface area (Å²) in [5.41, 5.74) is 0.663. The van der Waals surface area contributed by atoms with Crippen LogP contribution >= 0.6 is 0 Å². The average molecular weight is 240 g/mol. The molecule has 0 amide bonds. The minimum absolute atomic E-state index is 0.183. The van der Waals surface area contributed by atoms with E-state index in [1.54, 1.807) is 0 Å². The highest BCUT2D eigenvalue weighted by Gasteiger charge is 2.61. The van der Waals surface area contributed by atoms with Crippen molar-refractivity contribution >= 4 is 5.97 Å². The van der Waals surface area contributed by atoms with Gasteiger partial charge in [-0.1, -0.05) is 20.8 Å². The third kappa shape index (κ3) is 1.88. The quantitative estimate of drug-likeness (QED) is 0.709. The fourth-order valence-electron chi connectivity index (χ4n) is 3.77. The van der Waals surface area contributed by atoms with E-state index in [-0.39, 0.29) is 11.4 Å². The third-order valence-corrected chi connectivity index (χ3v) is 5.57. The zero-order valence-electron chi connectivity index (χ0n) is 11.4. The van der Waals surface area contributed by atoms with Crippen LogP contribution in [0.3, 0.4) is 0 Å². The van der Waals surface area contributed by atoms with Gasteiger partial charge in [-0.15, -0.1) is 0 Å². The summed E-state index contributed by atoms with van der Waals surface area (Å²) in [7, 11) is 1.42. The predicted octanol–water partition coefficient (Wildman–Crippen LogP) is 2.78. The molecule has 3 unspecified atom stereocenters. The van der Waals surface area contributed by atoms with E-state index in [4.69, 9.17) is 4.74 Å². The molecule has 0 aliphatic heterocycles. The standard InChI is InChI=1S/C14H24O3/c1-13(2)10-5-7-14(13,3)11(9-10)17-8-6-12(15)16-4/h10-11H,5-9H2,1-4H3. The van der Waals surface area contributed by atoms with Crippen molar-refractivity contribution in [3.05, 3.63) is 0 Å². The summed E-state index contributed by atoms with van der Waals surface area (Å²) in [4.78, 5) is 11.1. The van der Waals surface area contributed by atoms with E-state index in [1.165, 1.54) is 20.0 Å². The molecule has 2 bridgehead atoms. The summed E-state index contributed by atoms with van der Waals surface area (Å²) >= 11 is 0. The molecule has 0 heterocycles. The van der Waals surface area contributed by atoms with Crippen LogP contribution in [0, 0.1) is 16.7 Å². The molecule has 0 spiro atoms. The molecule has 2 rings (SSSR count). The van der Waals surface area contributed by atoms with E-state index in [0.717, 1.165) is 12.3 Å². The molecule has 0 saturated heterocycles. The number of hydrogen-bond acceptors (Lipinski definition) is 3. The zero-order valence-corrected chi connectivity index (χ0v) is 11.4. The largest absolute Gasteiger partial charge is 0.469 e. The minimum Gasteiger partial charge on any atom is -0.469 e. The Balaban J connectivity index is 1.90. The van der Waals surface area contributed by atoms with Gasteiger partial charge in [0, 0.05) is 0 Å². The first-order valence-corrected chi connectivity index (χ1v) is 6.60. The van der Waals surface area contributed by atoms with Gasteiger partial charge in [-0.05, 0) is 36.0 Å². The Hall–Kier alpha value is -0.570. The second-order valence-corrected chi connectivity index (χ2v) is 6.30. The van der Waals surface area contributed by atoms with Crippen molar-refractivity contribution in [1.29, 1.82) is 0 Å². The van der Waals surface area contributed by atoms with Gasteiger partial charge < -0.3 is 9.47 Å². The lowest BCUT2D eigenvalue weighted by atomic mass is 9.70. The highest BCUT2D eigenvalue weighted by molar-refractivity contribution is 5.69. The Labute approximate surface area is 104 Å². The van der Waals surface area contributed by atoms with E-state index >= 15 is 0 Å². The lowest BCUT2D eigenvalue weighted by Gasteiger charge is -2.38. The molecular formula is C14H24O3. The lowest BCUT2D eigenvalue weighted by molar-refractivity contribution is -0.143. The summed E-state index contributed by atoms with van der Waals surface area (Å²) in [6, 6.07) is 0. The topological polar surface area (TPSA) is 35.5 Å². The molecule has 3 atom stereocenters. The molecule has 2 aliphatic carbocycles. The number of hydrogen-bond donors (Lipinski definition) is 0. The summed E-state index contributed by atoms with van der Waals surface area (Å²) in [6.07, 6.45) is 4.44. The summed E-state index contributed by atoms with van der Waals surface area (Å²) in [5, 5.41) is 0. The van der Waals surface area contributed by atoms with E-state index < -0.39 is 0 Å². The van der Waals surface area contributed by atoms with Gasteiger partial charge in [0.05, 0.1) is 26.2 Å². The van der Waals surface area contributed by atoms with Crippen LogP contribution in [0.25, 0.3) is 0 Å². The summed E-state index contributed by atoms with van der Waals surface area (Å²) in [5.74, 6) is 0.605. The maximum absolute atomic E-state index is 11.1. The van der Waals surface area contributed by atoms with E-state index in [1.807, 2.05) is 0 Å². The Morgan fingerprint density at radius 1 is 1.35 bits per heavy atom.